The Morgan fingerprint density at radius 3 is 2.59 bits per heavy atom. The van der Waals surface area contributed by atoms with E-state index in [4.69, 9.17) is 0 Å². The van der Waals surface area contributed by atoms with Gasteiger partial charge < -0.3 is 4.57 Å². The molecule has 0 aliphatic heterocycles. The Kier molecular flexibility index (Phi) is 2.05. The largest absolute Gasteiger partial charge is 0.343 e. The number of para-hydroxylation sites is 1. The zero-order valence-electron chi connectivity index (χ0n) is 9.90. The van der Waals surface area contributed by atoms with Crippen molar-refractivity contribution in [1.29, 1.82) is 0 Å². The molecule has 0 amide bonds. The first-order valence-electron chi connectivity index (χ1n) is 5.66. The Bertz CT molecular complexity index is 737. The Labute approximate surface area is 99.5 Å². The molecule has 0 fully saturated rings. The number of carbonyl (C=O) groups excluding carboxylic acids is 1. The van der Waals surface area contributed by atoms with Gasteiger partial charge in [-0.25, -0.2) is 0 Å². The zero-order valence-corrected chi connectivity index (χ0v) is 9.90. The normalized spacial score (nSPS) is 11.2. The quantitative estimate of drug-likeness (QED) is 0.579. The lowest BCUT2D eigenvalue weighted by molar-refractivity contribution is 0.112. The van der Waals surface area contributed by atoms with Gasteiger partial charge in [0, 0.05) is 28.9 Å². The van der Waals surface area contributed by atoms with Crippen LogP contribution in [0.3, 0.4) is 0 Å². The van der Waals surface area contributed by atoms with E-state index < -0.39 is 0 Å². The predicted octanol–water partition coefficient (Wildman–Crippen LogP) is 3.45. The molecular formula is C15H13NO. The van der Waals surface area contributed by atoms with Gasteiger partial charge in [-0.3, -0.25) is 4.79 Å². The van der Waals surface area contributed by atoms with Crippen molar-refractivity contribution in [2.75, 3.05) is 0 Å². The molecule has 0 unspecified atom stereocenters. The van der Waals surface area contributed by atoms with Crippen LogP contribution in [0, 0.1) is 6.92 Å². The second-order valence-corrected chi connectivity index (χ2v) is 4.39. The smallest absolute Gasteiger partial charge is 0.152 e. The first-order chi connectivity index (χ1) is 8.24. The lowest BCUT2D eigenvalue weighted by atomic mass is 10.0. The van der Waals surface area contributed by atoms with Gasteiger partial charge in [0.25, 0.3) is 0 Å². The highest BCUT2D eigenvalue weighted by atomic mass is 16.1. The molecule has 0 aliphatic rings. The summed E-state index contributed by atoms with van der Waals surface area (Å²) in [6, 6.07) is 12.3. The molecule has 2 nitrogen and oxygen atoms in total. The van der Waals surface area contributed by atoms with E-state index in [9.17, 15) is 4.79 Å². The molecule has 3 rings (SSSR count). The van der Waals surface area contributed by atoms with E-state index in [2.05, 4.69) is 22.8 Å². The summed E-state index contributed by atoms with van der Waals surface area (Å²) in [5.74, 6) is 0. The number of benzene rings is 2. The standard InChI is InChI=1S/C15H13NO/c1-10-7-8-12-11-5-3-4-6-14(11)16(2)15(12)13(10)9-17/h3-9H,1-2H3. The Balaban J connectivity index is 2.66. The van der Waals surface area contributed by atoms with Crippen molar-refractivity contribution >= 4 is 28.1 Å². The van der Waals surface area contributed by atoms with Crippen LogP contribution in [0.4, 0.5) is 0 Å². The molecule has 0 atom stereocenters. The van der Waals surface area contributed by atoms with E-state index in [0.717, 1.165) is 33.8 Å². The highest BCUT2D eigenvalue weighted by Crippen LogP contribution is 2.30. The molecule has 0 radical (unpaired) electrons. The third-order valence-electron chi connectivity index (χ3n) is 3.44. The van der Waals surface area contributed by atoms with E-state index in [1.165, 1.54) is 5.39 Å². The molecule has 0 aliphatic carbocycles. The summed E-state index contributed by atoms with van der Waals surface area (Å²) in [5.41, 5.74) is 4.01. The summed E-state index contributed by atoms with van der Waals surface area (Å²) in [6.07, 6.45) is 0.955. The van der Waals surface area contributed by atoms with E-state index in [-0.39, 0.29) is 0 Å². The molecular weight excluding hydrogens is 210 g/mol. The van der Waals surface area contributed by atoms with Crippen LogP contribution in [0.2, 0.25) is 0 Å². The van der Waals surface area contributed by atoms with Crippen LogP contribution in [-0.2, 0) is 7.05 Å². The van der Waals surface area contributed by atoms with E-state index in [1.54, 1.807) is 0 Å². The van der Waals surface area contributed by atoms with Crippen molar-refractivity contribution in [2.24, 2.45) is 7.05 Å². The monoisotopic (exact) mass is 223 g/mol. The van der Waals surface area contributed by atoms with Crippen molar-refractivity contribution in [3.05, 3.63) is 47.5 Å². The fourth-order valence-corrected chi connectivity index (χ4v) is 2.55. The SMILES string of the molecule is Cc1ccc2c3ccccc3n(C)c2c1C=O. The third kappa shape index (κ3) is 1.24. The van der Waals surface area contributed by atoms with Crippen LogP contribution in [-0.4, -0.2) is 10.9 Å². The second-order valence-electron chi connectivity index (χ2n) is 4.39. The number of carbonyl (C=O) groups is 1. The van der Waals surface area contributed by atoms with Crippen LogP contribution in [0.1, 0.15) is 15.9 Å². The average Bonchev–Trinajstić information content (AvgIpc) is 2.64. The number of aromatic nitrogens is 1. The van der Waals surface area contributed by atoms with Gasteiger partial charge in [0.1, 0.15) is 0 Å². The highest BCUT2D eigenvalue weighted by Gasteiger charge is 2.12. The minimum absolute atomic E-state index is 0.793. The molecule has 0 bridgehead atoms. The topological polar surface area (TPSA) is 22.0 Å². The maximum Gasteiger partial charge on any atom is 0.152 e. The van der Waals surface area contributed by atoms with Crippen LogP contribution < -0.4 is 0 Å². The van der Waals surface area contributed by atoms with Crippen LogP contribution >= 0.6 is 0 Å². The molecule has 0 N–H and O–H groups in total. The Hall–Kier alpha value is -2.09. The first kappa shape index (κ1) is 10.1. The predicted molar refractivity (Wildman–Crippen MR) is 70.5 cm³/mol. The number of hydrogen-bond donors (Lipinski definition) is 0. The molecule has 2 aromatic carbocycles. The van der Waals surface area contributed by atoms with Crippen LogP contribution in [0.15, 0.2) is 36.4 Å². The van der Waals surface area contributed by atoms with Crippen molar-refractivity contribution in [1.82, 2.24) is 4.57 Å². The molecule has 0 saturated heterocycles. The fourth-order valence-electron chi connectivity index (χ4n) is 2.55. The lowest BCUT2D eigenvalue weighted by Crippen LogP contribution is -1.94. The third-order valence-corrected chi connectivity index (χ3v) is 3.44. The van der Waals surface area contributed by atoms with Gasteiger partial charge in [-0.2, -0.15) is 0 Å². The number of aryl methyl sites for hydroxylation is 2. The Morgan fingerprint density at radius 2 is 1.82 bits per heavy atom. The first-order valence-corrected chi connectivity index (χ1v) is 5.66. The molecule has 0 saturated carbocycles. The maximum absolute atomic E-state index is 11.3. The number of aldehydes is 1. The number of nitrogens with zero attached hydrogens (tertiary/aromatic N) is 1. The van der Waals surface area contributed by atoms with E-state index in [1.807, 2.05) is 32.2 Å². The van der Waals surface area contributed by atoms with Crippen molar-refractivity contribution in [2.45, 2.75) is 6.92 Å². The van der Waals surface area contributed by atoms with Gasteiger partial charge in [-0.1, -0.05) is 30.3 Å². The minimum atomic E-state index is 0.793. The zero-order chi connectivity index (χ0) is 12.0. The molecule has 1 aromatic heterocycles. The summed E-state index contributed by atoms with van der Waals surface area (Å²) in [5, 5.41) is 2.35. The summed E-state index contributed by atoms with van der Waals surface area (Å²) >= 11 is 0. The molecule has 0 spiro atoms. The number of fused-ring (bicyclic) bond motifs is 3. The highest BCUT2D eigenvalue weighted by molar-refractivity contribution is 6.12. The molecule has 2 heteroatoms. The van der Waals surface area contributed by atoms with Crippen molar-refractivity contribution < 1.29 is 4.79 Å². The summed E-state index contributed by atoms with van der Waals surface area (Å²) in [6.45, 7) is 1.97. The van der Waals surface area contributed by atoms with E-state index >= 15 is 0 Å². The van der Waals surface area contributed by atoms with E-state index in [0.29, 0.717) is 0 Å². The van der Waals surface area contributed by atoms with Gasteiger partial charge in [0.15, 0.2) is 6.29 Å². The lowest BCUT2D eigenvalue weighted by Gasteiger charge is -2.03. The van der Waals surface area contributed by atoms with Gasteiger partial charge >= 0.3 is 0 Å². The molecule has 84 valence electrons. The summed E-state index contributed by atoms with van der Waals surface area (Å²) in [7, 11) is 2.01. The molecule has 3 aromatic rings. The second kappa shape index (κ2) is 3.45. The van der Waals surface area contributed by atoms with Gasteiger partial charge in [0.2, 0.25) is 0 Å². The van der Waals surface area contributed by atoms with Crippen LogP contribution in [0.5, 0.6) is 0 Å². The van der Waals surface area contributed by atoms with Gasteiger partial charge in [-0.05, 0) is 18.6 Å². The molecule has 1 heterocycles. The minimum Gasteiger partial charge on any atom is -0.343 e. The molecule has 17 heavy (non-hydrogen) atoms. The maximum atomic E-state index is 11.3. The Morgan fingerprint density at radius 1 is 1.06 bits per heavy atom. The summed E-state index contributed by atoms with van der Waals surface area (Å²) < 4.78 is 2.10. The van der Waals surface area contributed by atoms with Gasteiger partial charge in [0.05, 0.1) is 5.52 Å². The average molecular weight is 223 g/mol. The van der Waals surface area contributed by atoms with Crippen molar-refractivity contribution in [3.8, 4) is 0 Å². The van der Waals surface area contributed by atoms with Gasteiger partial charge in [-0.15, -0.1) is 0 Å². The fraction of sp³-hybridized carbons (Fsp3) is 0.133. The van der Waals surface area contributed by atoms with Crippen LogP contribution in [0.25, 0.3) is 21.8 Å². The number of hydrogen-bond acceptors (Lipinski definition) is 1. The summed E-state index contributed by atoms with van der Waals surface area (Å²) in [4.78, 5) is 11.3. The number of rotatable bonds is 1. The van der Waals surface area contributed by atoms with Crippen molar-refractivity contribution in [3.63, 3.8) is 0 Å².